The van der Waals surface area contributed by atoms with Gasteiger partial charge in [0.2, 0.25) is 0 Å². The Balaban J connectivity index is 2.09. The zero-order chi connectivity index (χ0) is 15.2. The Kier molecular flexibility index (Phi) is 6.69. The third-order valence-electron chi connectivity index (χ3n) is 4.65. The minimum Gasteiger partial charge on any atom is -0.313 e. The van der Waals surface area contributed by atoms with E-state index in [0.29, 0.717) is 12.0 Å². The summed E-state index contributed by atoms with van der Waals surface area (Å²) in [4.78, 5) is 0. The lowest BCUT2D eigenvalue weighted by Crippen LogP contribution is -2.40. The van der Waals surface area contributed by atoms with E-state index in [1.165, 1.54) is 25.7 Å². The van der Waals surface area contributed by atoms with Gasteiger partial charge >= 0.3 is 0 Å². The second-order valence-electron chi connectivity index (χ2n) is 6.53. The first-order valence-corrected chi connectivity index (χ1v) is 9.06. The van der Waals surface area contributed by atoms with E-state index in [4.69, 9.17) is 0 Å². The molecule has 3 atom stereocenters. The second-order valence-corrected chi connectivity index (χ2v) is 7.45. The summed E-state index contributed by atoms with van der Waals surface area (Å²) in [6.45, 7) is 5.56. The summed E-state index contributed by atoms with van der Waals surface area (Å²) in [5, 5.41) is 3.67. The molecule has 3 unspecified atom stereocenters. The first kappa shape index (κ1) is 17.0. The molecule has 1 aromatic carbocycles. The van der Waals surface area contributed by atoms with Crippen LogP contribution in [0, 0.1) is 17.7 Å². The molecule has 1 aromatic rings. The summed E-state index contributed by atoms with van der Waals surface area (Å²) in [7, 11) is 0. The van der Waals surface area contributed by atoms with Gasteiger partial charge in [0.15, 0.2) is 0 Å². The van der Waals surface area contributed by atoms with Crippen molar-refractivity contribution in [2.75, 3.05) is 6.54 Å². The molecule has 1 saturated carbocycles. The van der Waals surface area contributed by atoms with Gasteiger partial charge in [0.25, 0.3) is 0 Å². The Morgan fingerprint density at radius 2 is 2.19 bits per heavy atom. The molecule has 118 valence electrons. The minimum atomic E-state index is -0.0784. The van der Waals surface area contributed by atoms with E-state index in [1.807, 2.05) is 6.07 Å². The Hall–Kier alpha value is -0.410. The quantitative estimate of drug-likeness (QED) is 0.727. The molecule has 0 amide bonds. The van der Waals surface area contributed by atoms with Gasteiger partial charge in [-0.25, -0.2) is 4.39 Å². The van der Waals surface area contributed by atoms with Gasteiger partial charge in [-0.15, -0.1) is 0 Å². The smallest absolute Gasteiger partial charge is 0.126 e. The van der Waals surface area contributed by atoms with Crippen LogP contribution in [0.5, 0.6) is 0 Å². The molecule has 2 rings (SSSR count). The molecule has 1 fully saturated rings. The third kappa shape index (κ3) is 5.07. The molecule has 0 aliphatic heterocycles. The molecule has 0 radical (unpaired) electrons. The van der Waals surface area contributed by atoms with Crippen LogP contribution in [0.25, 0.3) is 0 Å². The molecular formula is C18H27BrFN. The Labute approximate surface area is 136 Å². The average molecular weight is 356 g/mol. The van der Waals surface area contributed by atoms with Crippen molar-refractivity contribution in [2.24, 2.45) is 11.8 Å². The number of hydrogen-bond acceptors (Lipinski definition) is 1. The largest absolute Gasteiger partial charge is 0.313 e. The number of rotatable bonds is 6. The van der Waals surface area contributed by atoms with E-state index < -0.39 is 0 Å². The second kappa shape index (κ2) is 8.28. The molecule has 1 aliphatic rings. The first-order valence-electron chi connectivity index (χ1n) is 8.27. The van der Waals surface area contributed by atoms with Crippen molar-refractivity contribution in [1.82, 2.24) is 5.32 Å². The molecule has 3 heteroatoms. The highest BCUT2D eigenvalue weighted by atomic mass is 79.9. The maximum atomic E-state index is 14.0. The van der Waals surface area contributed by atoms with E-state index in [1.54, 1.807) is 12.1 Å². The molecule has 1 N–H and O–H groups in total. The Bertz CT molecular complexity index is 449. The molecule has 1 nitrogen and oxygen atoms in total. The van der Waals surface area contributed by atoms with Crippen LogP contribution in [0.4, 0.5) is 4.39 Å². The van der Waals surface area contributed by atoms with Crippen LogP contribution in [0.1, 0.15) is 51.5 Å². The fourth-order valence-corrected chi connectivity index (χ4v) is 3.93. The van der Waals surface area contributed by atoms with Gasteiger partial charge in [0.05, 0.1) is 0 Å². The van der Waals surface area contributed by atoms with Gasteiger partial charge in [0, 0.05) is 10.5 Å². The van der Waals surface area contributed by atoms with E-state index in [-0.39, 0.29) is 5.82 Å². The molecule has 1 aliphatic carbocycles. The fourth-order valence-electron chi connectivity index (χ4n) is 3.52. The molecular weight excluding hydrogens is 329 g/mol. The van der Waals surface area contributed by atoms with Crippen LogP contribution in [0.3, 0.4) is 0 Å². The normalized spacial score (nSPS) is 24.0. The summed E-state index contributed by atoms with van der Waals surface area (Å²) >= 11 is 3.46. The van der Waals surface area contributed by atoms with Gasteiger partial charge in [-0.05, 0) is 67.8 Å². The molecule has 21 heavy (non-hydrogen) atoms. The summed E-state index contributed by atoms with van der Waals surface area (Å²) in [5.74, 6) is 1.41. The predicted octanol–water partition coefficient (Wildman–Crippen LogP) is 5.33. The van der Waals surface area contributed by atoms with Crippen molar-refractivity contribution < 1.29 is 4.39 Å². The monoisotopic (exact) mass is 355 g/mol. The third-order valence-corrected chi connectivity index (χ3v) is 5.14. The van der Waals surface area contributed by atoms with E-state index >= 15 is 0 Å². The Morgan fingerprint density at radius 3 is 2.90 bits per heavy atom. The van der Waals surface area contributed by atoms with Crippen LogP contribution in [-0.4, -0.2) is 12.6 Å². The van der Waals surface area contributed by atoms with Gasteiger partial charge in [-0.2, -0.15) is 0 Å². The van der Waals surface area contributed by atoms with Crippen molar-refractivity contribution in [3.63, 3.8) is 0 Å². The predicted molar refractivity (Wildman–Crippen MR) is 91.0 cm³/mol. The van der Waals surface area contributed by atoms with E-state index in [0.717, 1.165) is 35.3 Å². The SMILES string of the molecule is CCCNC(Cc1cc(Br)ccc1F)C1CCCC(C)C1. The highest BCUT2D eigenvalue weighted by Crippen LogP contribution is 2.32. The Morgan fingerprint density at radius 1 is 1.38 bits per heavy atom. The van der Waals surface area contributed by atoms with Crippen LogP contribution in [0.15, 0.2) is 22.7 Å². The summed E-state index contributed by atoms with van der Waals surface area (Å²) in [6, 6.07) is 5.68. The van der Waals surface area contributed by atoms with E-state index in [9.17, 15) is 4.39 Å². The van der Waals surface area contributed by atoms with Crippen LogP contribution < -0.4 is 5.32 Å². The number of halogens is 2. The highest BCUT2D eigenvalue weighted by Gasteiger charge is 2.27. The molecule has 0 bridgehead atoms. The van der Waals surface area contributed by atoms with Crippen LogP contribution in [-0.2, 0) is 6.42 Å². The van der Waals surface area contributed by atoms with Gasteiger partial charge < -0.3 is 5.32 Å². The molecule has 0 heterocycles. The highest BCUT2D eigenvalue weighted by molar-refractivity contribution is 9.10. The maximum Gasteiger partial charge on any atom is 0.126 e. The van der Waals surface area contributed by atoms with Gasteiger partial charge in [-0.3, -0.25) is 0 Å². The van der Waals surface area contributed by atoms with Crippen molar-refractivity contribution in [2.45, 2.75) is 58.4 Å². The zero-order valence-corrected chi connectivity index (χ0v) is 14.8. The molecule has 0 saturated heterocycles. The van der Waals surface area contributed by atoms with Gasteiger partial charge in [-0.1, -0.05) is 42.6 Å². The van der Waals surface area contributed by atoms with E-state index in [2.05, 4.69) is 35.1 Å². The lowest BCUT2D eigenvalue weighted by molar-refractivity contribution is 0.220. The summed E-state index contributed by atoms with van der Waals surface area (Å²) in [6.07, 6.45) is 7.14. The van der Waals surface area contributed by atoms with Gasteiger partial charge in [0.1, 0.15) is 5.82 Å². The summed E-state index contributed by atoms with van der Waals surface area (Å²) in [5.41, 5.74) is 0.830. The molecule has 0 spiro atoms. The average Bonchev–Trinajstić information content (AvgIpc) is 2.47. The standard InChI is InChI=1S/C18H27BrFN/c1-3-9-21-18(14-6-4-5-13(2)10-14)12-15-11-16(19)7-8-17(15)20/h7-8,11,13-14,18,21H,3-6,9-10,12H2,1-2H3. The maximum absolute atomic E-state index is 14.0. The van der Waals surface area contributed by atoms with Crippen molar-refractivity contribution in [3.05, 3.63) is 34.1 Å². The van der Waals surface area contributed by atoms with Crippen LogP contribution >= 0.6 is 15.9 Å². The first-order chi connectivity index (χ1) is 10.1. The molecule has 0 aromatic heterocycles. The van der Waals surface area contributed by atoms with Crippen molar-refractivity contribution >= 4 is 15.9 Å². The number of benzene rings is 1. The number of nitrogens with one attached hydrogen (secondary N) is 1. The zero-order valence-electron chi connectivity index (χ0n) is 13.2. The summed E-state index contributed by atoms with van der Waals surface area (Å²) < 4.78 is 15.0. The minimum absolute atomic E-state index is 0.0784. The number of hydrogen-bond donors (Lipinski definition) is 1. The van der Waals surface area contributed by atoms with Crippen molar-refractivity contribution in [1.29, 1.82) is 0 Å². The lowest BCUT2D eigenvalue weighted by atomic mass is 9.77. The topological polar surface area (TPSA) is 12.0 Å². The fraction of sp³-hybridized carbons (Fsp3) is 0.667. The van der Waals surface area contributed by atoms with Crippen LogP contribution in [0.2, 0.25) is 0 Å². The lowest BCUT2D eigenvalue weighted by Gasteiger charge is -2.34. The van der Waals surface area contributed by atoms with Crippen molar-refractivity contribution in [3.8, 4) is 0 Å².